The Hall–Kier alpha value is -3.00. The number of aromatic amines is 1. The van der Waals surface area contributed by atoms with E-state index in [2.05, 4.69) is 26.2 Å². The van der Waals surface area contributed by atoms with E-state index in [1.807, 2.05) is 19.1 Å². The lowest BCUT2D eigenvalue weighted by Crippen LogP contribution is -2.21. The Kier molecular flexibility index (Phi) is 5.89. The van der Waals surface area contributed by atoms with Gasteiger partial charge in [-0.05, 0) is 42.8 Å². The predicted molar refractivity (Wildman–Crippen MR) is 109 cm³/mol. The molecule has 2 aromatic carbocycles. The summed E-state index contributed by atoms with van der Waals surface area (Å²) in [5.41, 5.74) is 2.41. The molecule has 3 rings (SSSR count). The van der Waals surface area contributed by atoms with E-state index in [-0.39, 0.29) is 5.69 Å². The number of H-pyrrole nitrogens is 1. The van der Waals surface area contributed by atoms with Crippen LogP contribution in [0.25, 0.3) is 10.9 Å². The van der Waals surface area contributed by atoms with Gasteiger partial charge in [0, 0.05) is 21.6 Å². The van der Waals surface area contributed by atoms with E-state index in [4.69, 9.17) is 14.2 Å². The number of hydrogen-bond acceptors (Lipinski definition) is 5. The van der Waals surface area contributed by atoms with Gasteiger partial charge in [-0.1, -0.05) is 15.9 Å². The van der Waals surface area contributed by atoms with Gasteiger partial charge >= 0.3 is 5.97 Å². The van der Waals surface area contributed by atoms with Gasteiger partial charge in [0.2, 0.25) is 0 Å². The number of benzene rings is 2. The average molecular weight is 447 g/mol. The van der Waals surface area contributed by atoms with Gasteiger partial charge in [0.05, 0.1) is 19.7 Å². The van der Waals surface area contributed by atoms with Gasteiger partial charge in [0.25, 0.3) is 5.91 Å². The Bertz CT molecular complexity index is 1040. The molecule has 0 aliphatic heterocycles. The summed E-state index contributed by atoms with van der Waals surface area (Å²) in [6.07, 6.45) is 0. The fourth-order valence-corrected chi connectivity index (χ4v) is 3.21. The minimum absolute atomic E-state index is 0.217. The fourth-order valence-electron chi connectivity index (χ4n) is 2.74. The number of aromatic nitrogens is 1. The zero-order valence-electron chi connectivity index (χ0n) is 15.6. The Morgan fingerprint density at radius 3 is 2.57 bits per heavy atom. The molecule has 0 saturated carbocycles. The molecule has 0 radical (unpaired) electrons. The molecule has 0 aliphatic rings. The molecule has 146 valence electrons. The first-order valence-corrected chi connectivity index (χ1v) is 9.18. The van der Waals surface area contributed by atoms with Crippen molar-refractivity contribution in [2.24, 2.45) is 0 Å². The second-order valence-corrected chi connectivity index (χ2v) is 6.98. The van der Waals surface area contributed by atoms with Crippen LogP contribution in [0.2, 0.25) is 0 Å². The normalized spacial score (nSPS) is 10.6. The Morgan fingerprint density at radius 1 is 1.11 bits per heavy atom. The lowest BCUT2D eigenvalue weighted by molar-refractivity contribution is -0.119. The monoisotopic (exact) mass is 446 g/mol. The molecule has 0 fully saturated rings. The van der Waals surface area contributed by atoms with Crippen LogP contribution >= 0.6 is 15.9 Å². The Labute approximate surface area is 170 Å². The number of methoxy groups -OCH3 is 2. The number of carbonyl (C=O) groups excluding carboxylic acids is 2. The number of ether oxygens (including phenoxy) is 3. The molecule has 0 bridgehead atoms. The van der Waals surface area contributed by atoms with Crippen LogP contribution in [0.1, 0.15) is 16.1 Å². The van der Waals surface area contributed by atoms with Crippen LogP contribution in [0.15, 0.2) is 40.9 Å². The van der Waals surface area contributed by atoms with E-state index in [0.717, 1.165) is 15.4 Å². The summed E-state index contributed by atoms with van der Waals surface area (Å²) in [6, 6.07) is 10.6. The maximum Gasteiger partial charge on any atom is 0.355 e. The summed E-state index contributed by atoms with van der Waals surface area (Å²) in [6.45, 7) is 1.47. The minimum atomic E-state index is -0.639. The number of esters is 1. The van der Waals surface area contributed by atoms with Crippen molar-refractivity contribution in [2.45, 2.75) is 6.92 Å². The van der Waals surface area contributed by atoms with Crippen LogP contribution in [-0.4, -0.2) is 37.7 Å². The topological polar surface area (TPSA) is 89.7 Å². The number of rotatable bonds is 6. The first-order chi connectivity index (χ1) is 13.4. The molecule has 2 N–H and O–H groups in total. The molecule has 0 aliphatic carbocycles. The molecule has 1 heterocycles. The molecule has 7 nitrogen and oxygen atoms in total. The number of hydrogen-bond donors (Lipinski definition) is 2. The molecule has 1 aromatic heterocycles. The predicted octanol–water partition coefficient (Wildman–Crippen LogP) is 4.05. The molecule has 0 spiro atoms. The third kappa shape index (κ3) is 4.28. The zero-order chi connectivity index (χ0) is 20.3. The smallest absolute Gasteiger partial charge is 0.355 e. The number of amides is 1. The molecule has 28 heavy (non-hydrogen) atoms. The van der Waals surface area contributed by atoms with Crippen molar-refractivity contribution in [1.29, 1.82) is 0 Å². The Morgan fingerprint density at radius 2 is 1.89 bits per heavy atom. The molecule has 8 heteroatoms. The first kappa shape index (κ1) is 19.8. The second-order valence-electron chi connectivity index (χ2n) is 6.06. The summed E-state index contributed by atoms with van der Waals surface area (Å²) in [5, 5.41) is 3.45. The van der Waals surface area contributed by atoms with Crippen LogP contribution in [0.3, 0.4) is 0 Å². The zero-order valence-corrected chi connectivity index (χ0v) is 17.2. The van der Waals surface area contributed by atoms with Gasteiger partial charge in [-0.25, -0.2) is 4.79 Å². The van der Waals surface area contributed by atoms with Crippen molar-refractivity contribution in [3.05, 3.63) is 52.1 Å². The molecule has 0 atom stereocenters. The second kappa shape index (κ2) is 8.35. The van der Waals surface area contributed by atoms with Crippen molar-refractivity contribution in [3.8, 4) is 11.5 Å². The third-order valence-electron chi connectivity index (χ3n) is 4.14. The van der Waals surface area contributed by atoms with Crippen molar-refractivity contribution in [2.75, 3.05) is 26.1 Å². The maximum atomic E-state index is 12.3. The maximum absolute atomic E-state index is 12.3. The highest BCUT2D eigenvalue weighted by Gasteiger charge is 2.16. The van der Waals surface area contributed by atoms with E-state index in [1.54, 1.807) is 31.4 Å². The standard InChI is InChI=1S/C20H19BrN2O5/c1-11-6-13(21)4-5-15(11)22-18(24)10-28-20(25)16-8-12-7-14(26-2)9-17(27-3)19(12)23-16/h4-9,23H,10H2,1-3H3,(H,22,24). The highest BCUT2D eigenvalue weighted by Crippen LogP contribution is 2.31. The number of fused-ring (bicyclic) bond motifs is 1. The van der Waals surface area contributed by atoms with E-state index in [9.17, 15) is 9.59 Å². The van der Waals surface area contributed by atoms with E-state index >= 15 is 0 Å². The van der Waals surface area contributed by atoms with Crippen LogP contribution in [-0.2, 0) is 9.53 Å². The first-order valence-electron chi connectivity index (χ1n) is 8.39. The summed E-state index contributed by atoms with van der Waals surface area (Å²) < 4.78 is 16.6. The fraction of sp³-hybridized carbons (Fsp3) is 0.200. The number of halogens is 1. The van der Waals surface area contributed by atoms with Gasteiger partial charge in [0.1, 0.15) is 17.2 Å². The minimum Gasteiger partial charge on any atom is -0.497 e. The van der Waals surface area contributed by atoms with Crippen LogP contribution < -0.4 is 14.8 Å². The molecular formula is C20H19BrN2O5. The van der Waals surface area contributed by atoms with Crippen LogP contribution in [0.4, 0.5) is 5.69 Å². The van der Waals surface area contributed by atoms with Crippen LogP contribution in [0, 0.1) is 6.92 Å². The summed E-state index contributed by atoms with van der Waals surface area (Å²) in [4.78, 5) is 27.4. The lowest BCUT2D eigenvalue weighted by atomic mass is 10.2. The number of nitrogens with one attached hydrogen (secondary N) is 2. The molecular weight excluding hydrogens is 428 g/mol. The highest BCUT2D eigenvalue weighted by atomic mass is 79.9. The molecule has 3 aromatic rings. The highest BCUT2D eigenvalue weighted by molar-refractivity contribution is 9.10. The average Bonchev–Trinajstić information content (AvgIpc) is 3.11. The van der Waals surface area contributed by atoms with Crippen molar-refractivity contribution in [3.63, 3.8) is 0 Å². The van der Waals surface area contributed by atoms with Crippen molar-refractivity contribution >= 4 is 44.4 Å². The number of carbonyl (C=O) groups is 2. The molecule has 0 saturated heterocycles. The van der Waals surface area contributed by atoms with E-state index in [0.29, 0.717) is 22.7 Å². The lowest BCUT2D eigenvalue weighted by Gasteiger charge is -2.09. The third-order valence-corrected chi connectivity index (χ3v) is 4.63. The largest absolute Gasteiger partial charge is 0.497 e. The van der Waals surface area contributed by atoms with Gasteiger partial charge in [-0.15, -0.1) is 0 Å². The Balaban J connectivity index is 1.68. The van der Waals surface area contributed by atoms with Gasteiger partial charge < -0.3 is 24.5 Å². The summed E-state index contributed by atoms with van der Waals surface area (Å²) in [5.74, 6) is 0.0819. The molecule has 0 unspecified atom stereocenters. The quantitative estimate of drug-likeness (QED) is 0.557. The van der Waals surface area contributed by atoms with Gasteiger partial charge in [-0.3, -0.25) is 4.79 Å². The summed E-state index contributed by atoms with van der Waals surface area (Å²) in [7, 11) is 3.08. The summed E-state index contributed by atoms with van der Waals surface area (Å²) >= 11 is 3.37. The SMILES string of the molecule is COc1cc(OC)c2[nH]c(C(=O)OCC(=O)Nc3ccc(Br)cc3C)cc2c1. The van der Waals surface area contributed by atoms with E-state index < -0.39 is 18.5 Å². The van der Waals surface area contributed by atoms with Gasteiger partial charge in [-0.2, -0.15) is 0 Å². The van der Waals surface area contributed by atoms with Crippen molar-refractivity contribution < 1.29 is 23.8 Å². The van der Waals surface area contributed by atoms with Gasteiger partial charge in [0.15, 0.2) is 6.61 Å². The van der Waals surface area contributed by atoms with Crippen LogP contribution in [0.5, 0.6) is 11.5 Å². The van der Waals surface area contributed by atoms with Crippen molar-refractivity contribution in [1.82, 2.24) is 4.98 Å². The number of anilines is 1. The number of aryl methyl sites for hydroxylation is 1. The molecule has 1 amide bonds. The van der Waals surface area contributed by atoms with E-state index in [1.165, 1.54) is 7.11 Å².